The van der Waals surface area contributed by atoms with E-state index in [4.69, 9.17) is 14.9 Å². The first kappa shape index (κ1) is 34.9. The standard InChI is InChI=1S/C31H46FN5O8/c32-25-11-24(45-9-1-2-20-5-7-36(8-6-20)31-34-13-21(18-38)14-35-31)4-3-23(25)10-28(42)37-16-22(17-37)12-33-15-26(40)29(43)30(44)27(41)19-39/h3-4,11,13-14,20,22,26-27,29-30,33,38-41,43-44H,1-2,5-10,12,15-19H2/t26-,27+,29+,30+/m0/s1. The molecule has 1 amide bonds. The number of amides is 1. The topological polar surface area (TPSA) is 192 Å². The van der Waals surface area contributed by atoms with E-state index < -0.39 is 36.8 Å². The van der Waals surface area contributed by atoms with Crippen molar-refractivity contribution in [1.29, 1.82) is 0 Å². The van der Waals surface area contributed by atoms with Gasteiger partial charge < -0.3 is 50.5 Å². The van der Waals surface area contributed by atoms with Gasteiger partial charge in [0.25, 0.3) is 0 Å². The van der Waals surface area contributed by atoms with Gasteiger partial charge in [0.05, 0.1) is 32.3 Å². The SMILES string of the molecule is O=C(Cc1ccc(OCCCC2CCN(c3ncc(CO)cn3)CC2)cc1F)N1CC(CNC[C@H](O)[C@@H](O)[C@H](O)[C@H](O)CO)C1. The molecule has 0 spiro atoms. The Morgan fingerprint density at radius 3 is 2.36 bits per heavy atom. The van der Waals surface area contributed by atoms with Crippen LogP contribution in [0.15, 0.2) is 30.6 Å². The zero-order valence-electron chi connectivity index (χ0n) is 25.4. The Kier molecular flexibility index (Phi) is 13.2. The molecule has 0 saturated carbocycles. The molecule has 0 radical (unpaired) electrons. The lowest BCUT2D eigenvalue weighted by atomic mass is 9.92. The Morgan fingerprint density at radius 2 is 1.71 bits per heavy atom. The highest BCUT2D eigenvalue weighted by Gasteiger charge is 2.32. The maximum atomic E-state index is 14.7. The molecular weight excluding hydrogens is 589 g/mol. The summed E-state index contributed by atoms with van der Waals surface area (Å²) >= 11 is 0. The zero-order valence-corrected chi connectivity index (χ0v) is 25.4. The molecule has 0 aliphatic carbocycles. The van der Waals surface area contributed by atoms with Crippen molar-refractivity contribution in [2.75, 3.05) is 57.4 Å². The van der Waals surface area contributed by atoms with E-state index in [0.29, 0.717) is 55.0 Å². The van der Waals surface area contributed by atoms with Crippen molar-refractivity contribution in [2.45, 2.75) is 63.1 Å². The molecule has 2 aromatic rings. The number of anilines is 1. The number of nitrogens with zero attached hydrogens (tertiary/aromatic N) is 4. The molecule has 14 heteroatoms. The van der Waals surface area contributed by atoms with Gasteiger partial charge in [0.15, 0.2) is 0 Å². The predicted octanol–water partition coefficient (Wildman–Crippen LogP) is -0.790. The summed E-state index contributed by atoms with van der Waals surface area (Å²) in [5.74, 6) is 1.16. The molecule has 2 fully saturated rings. The second kappa shape index (κ2) is 17.1. The predicted molar refractivity (Wildman–Crippen MR) is 162 cm³/mol. The van der Waals surface area contributed by atoms with E-state index in [1.807, 2.05) is 0 Å². The highest BCUT2D eigenvalue weighted by molar-refractivity contribution is 5.79. The maximum Gasteiger partial charge on any atom is 0.227 e. The molecule has 250 valence electrons. The average molecular weight is 636 g/mol. The zero-order chi connectivity index (χ0) is 32.3. The van der Waals surface area contributed by atoms with Crippen LogP contribution in [0.4, 0.5) is 10.3 Å². The first-order chi connectivity index (χ1) is 21.7. The van der Waals surface area contributed by atoms with Crippen LogP contribution in [0.25, 0.3) is 0 Å². The molecule has 0 unspecified atom stereocenters. The minimum Gasteiger partial charge on any atom is -0.493 e. The molecule has 3 heterocycles. The van der Waals surface area contributed by atoms with Gasteiger partial charge in [-0.05, 0) is 43.2 Å². The summed E-state index contributed by atoms with van der Waals surface area (Å²) in [6.07, 6.45) is 0.974. The Hall–Kier alpha value is -2.98. The second-order valence-corrected chi connectivity index (χ2v) is 12.0. The summed E-state index contributed by atoms with van der Waals surface area (Å²) < 4.78 is 20.5. The largest absolute Gasteiger partial charge is 0.493 e. The van der Waals surface area contributed by atoms with Gasteiger partial charge in [-0.1, -0.05) is 6.07 Å². The second-order valence-electron chi connectivity index (χ2n) is 12.0. The van der Waals surface area contributed by atoms with Gasteiger partial charge >= 0.3 is 0 Å². The summed E-state index contributed by atoms with van der Waals surface area (Å²) in [4.78, 5) is 25.1. The first-order valence-corrected chi connectivity index (χ1v) is 15.6. The lowest BCUT2D eigenvalue weighted by Gasteiger charge is -2.39. The number of hydrogen-bond donors (Lipinski definition) is 7. The molecule has 1 aromatic heterocycles. The van der Waals surface area contributed by atoms with Gasteiger partial charge in [0.1, 0.15) is 29.9 Å². The van der Waals surface area contributed by atoms with Crippen LogP contribution in [0, 0.1) is 17.7 Å². The fraction of sp³-hybridized carbons (Fsp3) is 0.645. The van der Waals surface area contributed by atoms with E-state index in [9.17, 15) is 29.6 Å². The Balaban J connectivity index is 1.08. The lowest BCUT2D eigenvalue weighted by molar-refractivity contribution is -0.136. The summed E-state index contributed by atoms with van der Waals surface area (Å²) in [6.45, 7) is 2.80. The lowest BCUT2D eigenvalue weighted by Crippen LogP contribution is -2.55. The molecule has 45 heavy (non-hydrogen) atoms. The van der Waals surface area contributed by atoms with E-state index in [1.165, 1.54) is 6.07 Å². The quantitative estimate of drug-likeness (QED) is 0.107. The van der Waals surface area contributed by atoms with Gasteiger partial charge in [0.2, 0.25) is 11.9 Å². The molecule has 2 aliphatic rings. The molecule has 2 aliphatic heterocycles. The van der Waals surface area contributed by atoms with Crippen molar-refractivity contribution < 1.29 is 44.6 Å². The van der Waals surface area contributed by atoms with Crippen molar-refractivity contribution in [2.24, 2.45) is 11.8 Å². The van der Waals surface area contributed by atoms with Crippen LogP contribution >= 0.6 is 0 Å². The number of aliphatic hydroxyl groups is 6. The molecule has 2 saturated heterocycles. The summed E-state index contributed by atoms with van der Waals surface area (Å²) in [6, 6.07) is 4.59. The minimum atomic E-state index is -1.68. The van der Waals surface area contributed by atoms with Gasteiger partial charge in [-0.25, -0.2) is 14.4 Å². The molecular formula is C31H46FN5O8. The van der Waals surface area contributed by atoms with Crippen LogP contribution in [0.1, 0.15) is 36.8 Å². The van der Waals surface area contributed by atoms with Gasteiger partial charge in [-0.2, -0.15) is 0 Å². The number of nitrogens with one attached hydrogen (secondary N) is 1. The fourth-order valence-electron chi connectivity index (χ4n) is 5.63. The number of hydrogen-bond acceptors (Lipinski definition) is 12. The number of piperidine rings is 1. The van der Waals surface area contributed by atoms with Crippen molar-refractivity contribution in [3.8, 4) is 5.75 Å². The van der Waals surface area contributed by atoms with Crippen LogP contribution in [-0.4, -0.2) is 128 Å². The fourth-order valence-corrected chi connectivity index (χ4v) is 5.63. The monoisotopic (exact) mass is 635 g/mol. The molecule has 4 atom stereocenters. The third-order valence-corrected chi connectivity index (χ3v) is 8.59. The number of rotatable bonds is 17. The third kappa shape index (κ3) is 10.0. The Bertz CT molecular complexity index is 1200. The normalized spacial score (nSPS) is 18.7. The van der Waals surface area contributed by atoms with Crippen molar-refractivity contribution in [3.05, 3.63) is 47.5 Å². The van der Waals surface area contributed by atoms with Gasteiger partial charge in [-0.15, -0.1) is 0 Å². The van der Waals surface area contributed by atoms with Gasteiger partial charge in [-0.3, -0.25) is 4.79 Å². The van der Waals surface area contributed by atoms with Crippen molar-refractivity contribution in [1.82, 2.24) is 20.2 Å². The number of carbonyl (C=O) groups is 1. The minimum absolute atomic E-state index is 0.0434. The van der Waals surface area contributed by atoms with Crippen LogP contribution in [0.3, 0.4) is 0 Å². The molecule has 1 aromatic carbocycles. The smallest absolute Gasteiger partial charge is 0.227 e. The number of ether oxygens (including phenoxy) is 1. The first-order valence-electron chi connectivity index (χ1n) is 15.6. The number of likely N-dealkylation sites (tertiary alicyclic amines) is 1. The molecule has 13 nitrogen and oxygen atoms in total. The number of aromatic nitrogens is 2. The van der Waals surface area contributed by atoms with Gasteiger partial charge in [0, 0.05) is 69.2 Å². The van der Waals surface area contributed by atoms with E-state index >= 15 is 0 Å². The van der Waals surface area contributed by atoms with Crippen molar-refractivity contribution in [3.63, 3.8) is 0 Å². The summed E-state index contributed by atoms with van der Waals surface area (Å²) in [5.41, 5.74) is 0.997. The van der Waals surface area contributed by atoms with Crippen molar-refractivity contribution >= 4 is 11.9 Å². The maximum absolute atomic E-state index is 14.7. The number of halogens is 1. The highest BCUT2D eigenvalue weighted by atomic mass is 19.1. The van der Waals surface area contributed by atoms with Crippen LogP contribution < -0.4 is 15.0 Å². The third-order valence-electron chi connectivity index (χ3n) is 8.59. The molecule has 0 bridgehead atoms. The van der Waals surface area contributed by atoms with Crippen LogP contribution in [-0.2, 0) is 17.8 Å². The van der Waals surface area contributed by atoms with E-state index in [1.54, 1.807) is 29.4 Å². The number of benzene rings is 1. The van der Waals surface area contributed by atoms with E-state index in [0.717, 1.165) is 38.8 Å². The number of carbonyl (C=O) groups excluding carboxylic acids is 1. The van der Waals surface area contributed by atoms with E-state index in [-0.39, 0.29) is 31.4 Å². The van der Waals surface area contributed by atoms with Crippen LogP contribution in [0.2, 0.25) is 0 Å². The average Bonchev–Trinajstić information content (AvgIpc) is 3.04. The Labute approximate surface area is 262 Å². The molecule has 7 N–H and O–H groups in total. The Morgan fingerprint density at radius 1 is 1.02 bits per heavy atom. The summed E-state index contributed by atoms with van der Waals surface area (Å²) in [5, 5.41) is 59.8. The summed E-state index contributed by atoms with van der Waals surface area (Å²) in [7, 11) is 0. The number of aliphatic hydroxyl groups excluding tert-OH is 6. The van der Waals surface area contributed by atoms with Crippen LogP contribution in [0.5, 0.6) is 5.75 Å². The molecule has 4 rings (SSSR count). The highest BCUT2D eigenvalue weighted by Crippen LogP contribution is 2.25. The van der Waals surface area contributed by atoms with E-state index in [2.05, 4.69) is 20.2 Å².